The van der Waals surface area contributed by atoms with Crippen LogP contribution in [0.25, 0.3) is 0 Å². The standard InChI is InChI=1S/C18H29N3O3/c1-13-9-21(10-14(2)24-13)11-16-6-4-15(5-7-16)8-20-18(22)17(19)12-23-3/h4-7,13-14,17H,8-12,19H2,1-3H3,(H,20,22). The van der Waals surface area contributed by atoms with Crippen molar-refractivity contribution in [2.24, 2.45) is 5.73 Å². The average Bonchev–Trinajstić information content (AvgIpc) is 2.53. The van der Waals surface area contributed by atoms with Crippen LogP contribution in [0.3, 0.4) is 0 Å². The van der Waals surface area contributed by atoms with Crippen molar-refractivity contribution in [2.45, 2.75) is 45.2 Å². The number of ether oxygens (including phenoxy) is 2. The molecule has 1 aromatic carbocycles. The molecule has 1 fully saturated rings. The zero-order valence-corrected chi connectivity index (χ0v) is 14.8. The number of hydrogen-bond donors (Lipinski definition) is 2. The predicted octanol–water partition coefficient (Wildman–Crippen LogP) is 0.886. The van der Waals surface area contributed by atoms with Crippen molar-refractivity contribution in [3.63, 3.8) is 0 Å². The van der Waals surface area contributed by atoms with Crippen molar-refractivity contribution in [3.05, 3.63) is 35.4 Å². The summed E-state index contributed by atoms with van der Waals surface area (Å²) in [6, 6.07) is 7.69. The number of rotatable bonds is 7. The van der Waals surface area contributed by atoms with E-state index in [1.54, 1.807) is 0 Å². The molecule has 1 aliphatic rings. The van der Waals surface area contributed by atoms with Crippen molar-refractivity contribution in [1.82, 2.24) is 10.2 Å². The van der Waals surface area contributed by atoms with Gasteiger partial charge in [0, 0.05) is 33.3 Å². The van der Waals surface area contributed by atoms with Gasteiger partial charge in [0.05, 0.1) is 18.8 Å². The summed E-state index contributed by atoms with van der Waals surface area (Å²) in [5, 5.41) is 2.83. The minimum atomic E-state index is -0.625. The number of benzene rings is 1. The first-order valence-electron chi connectivity index (χ1n) is 8.45. The van der Waals surface area contributed by atoms with Crippen LogP contribution in [0.1, 0.15) is 25.0 Å². The minimum Gasteiger partial charge on any atom is -0.383 e. The van der Waals surface area contributed by atoms with E-state index in [0.29, 0.717) is 6.54 Å². The highest BCUT2D eigenvalue weighted by Gasteiger charge is 2.21. The lowest BCUT2D eigenvalue weighted by Gasteiger charge is -2.35. The molecule has 0 radical (unpaired) electrons. The van der Waals surface area contributed by atoms with E-state index in [-0.39, 0.29) is 24.7 Å². The Bertz CT molecular complexity index is 511. The van der Waals surface area contributed by atoms with E-state index < -0.39 is 6.04 Å². The highest BCUT2D eigenvalue weighted by atomic mass is 16.5. The molecule has 1 heterocycles. The normalized spacial score (nSPS) is 23.0. The van der Waals surface area contributed by atoms with E-state index in [4.69, 9.17) is 15.2 Å². The van der Waals surface area contributed by atoms with Gasteiger partial charge in [0.15, 0.2) is 0 Å². The fourth-order valence-electron chi connectivity index (χ4n) is 3.01. The zero-order chi connectivity index (χ0) is 17.5. The molecule has 1 amide bonds. The highest BCUT2D eigenvalue weighted by Crippen LogP contribution is 2.14. The van der Waals surface area contributed by atoms with Crippen LogP contribution >= 0.6 is 0 Å². The predicted molar refractivity (Wildman–Crippen MR) is 93.4 cm³/mol. The van der Waals surface area contributed by atoms with Gasteiger partial charge in [-0.3, -0.25) is 9.69 Å². The molecule has 134 valence electrons. The van der Waals surface area contributed by atoms with Gasteiger partial charge < -0.3 is 20.5 Å². The molecule has 3 N–H and O–H groups in total. The summed E-state index contributed by atoms with van der Waals surface area (Å²) in [6.45, 7) is 7.76. The van der Waals surface area contributed by atoms with Gasteiger partial charge in [0.25, 0.3) is 0 Å². The van der Waals surface area contributed by atoms with E-state index in [1.165, 1.54) is 12.7 Å². The second kappa shape index (κ2) is 9.13. The van der Waals surface area contributed by atoms with Crippen LogP contribution < -0.4 is 11.1 Å². The Balaban J connectivity index is 1.81. The fourth-order valence-corrected chi connectivity index (χ4v) is 3.01. The number of methoxy groups -OCH3 is 1. The van der Waals surface area contributed by atoms with Gasteiger partial charge in [-0.2, -0.15) is 0 Å². The molecule has 1 aliphatic heterocycles. The summed E-state index contributed by atoms with van der Waals surface area (Å²) in [5.41, 5.74) is 8.01. The molecule has 0 saturated carbocycles. The van der Waals surface area contributed by atoms with Crippen LogP contribution in [0.2, 0.25) is 0 Å². The van der Waals surface area contributed by atoms with Crippen LogP contribution in [-0.4, -0.2) is 55.9 Å². The minimum absolute atomic E-state index is 0.197. The fraction of sp³-hybridized carbons (Fsp3) is 0.611. The second-order valence-corrected chi connectivity index (χ2v) is 6.55. The van der Waals surface area contributed by atoms with Gasteiger partial charge in [0.1, 0.15) is 6.04 Å². The number of carbonyl (C=O) groups excluding carboxylic acids is 1. The first-order valence-corrected chi connectivity index (χ1v) is 8.45. The smallest absolute Gasteiger partial charge is 0.239 e. The maximum atomic E-state index is 11.8. The molecule has 3 atom stereocenters. The van der Waals surface area contributed by atoms with Crippen LogP contribution in [-0.2, 0) is 27.4 Å². The average molecular weight is 335 g/mol. The number of carbonyl (C=O) groups is 1. The number of hydrogen-bond acceptors (Lipinski definition) is 5. The molecule has 2 rings (SSSR count). The first kappa shape index (κ1) is 18.9. The van der Waals surface area contributed by atoms with Gasteiger partial charge in [-0.05, 0) is 25.0 Å². The summed E-state index contributed by atoms with van der Waals surface area (Å²) in [7, 11) is 1.53. The number of amides is 1. The molecular weight excluding hydrogens is 306 g/mol. The van der Waals surface area contributed by atoms with Gasteiger partial charge >= 0.3 is 0 Å². The largest absolute Gasteiger partial charge is 0.383 e. The van der Waals surface area contributed by atoms with Crippen LogP contribution in [0, 0.1) is 0 Å². The van der Waals surface area contributed by atoms with Crippen molar-refractivity contribution >= 4 is 5.91 Å². The maximum Gasteiger partial charge on any atom is 0.239 e. The molecule has 3 unspecified atom stereocenters. The molecule has 1 saturated heterocycles. The van der Waals surface area contributed by atoms with Gasteiger partial charge in [0.2, 0.25) is 5.91 Å². The summed E-state index contributed by atoms with van der Waals surface area (Å²) < 4.78 is 10.6. The Hall–Kier alpha value is -1.47. The molecule has 1 aromatic rings. The Labute approximate surface area is 144 Å². The van der Waals surface area contributed by atoms with Crippen LogP contribution in [0.15, 0.2) is 24.3 Å². The quantitative estimate of drug-likeness (QED) is 0.774. The number of morpholine rings is 1. The zero-order valence-electron chi connectivity index (χ0n) is 14.8. The van der Waals surface area contributed by atoms with E-state index >= 15 is 0 Å². The van der Waals surface area contributed by atoms with Crippen molar-refractivity contribution in [2.75, 3.05) is 26.8 Å². The molecule has 0 bridgehead atoms. The Morgan fingerprint density at radius 1 is 1.29 bits per heavy atom. The molecular formula is C18H29N3O3. The monoisotopic (exact) mass is 335 g/mol. The van der Waals surface area contributed by atoms with Crippen LogP contribution in [0.5, 0.6) is 0 Å². The van der Waals surface area contributed by atoms with Gasteiger partial charge in [-0.25, -0.2) is 0 Å². The SMILES string of the molecule is COCC(N)C(=O)NCc1ccc(CN2CC(C)OC(C)C2)cc1. The lowest BCUT2D eigenvalue weighted by atomic mass is 10.1. The highest BCUT2D eigenvalue weighted by molar-refractivity contribution is 5.81. The molecule has 6 heteroatoms. The first-order chi connectivity index (χ1) is 11.5. The third kappa shape index (κ3) is 5.87. The Morgan fingerprint density at radius 2 is 1.88 bits per heavy atom. The second-order valence-electron chi connectivity index (χ2n) is 6.55. The molecule has 0 aromatic heterocycles. The van der Waals surface area contributed by atoms with E-state index in [9.17, 15) is 4.79 Å². The molecule has 24 heavy (non-hydrogen) atoms. The van der Waals surface area contributed by atoms with E-state index in [2.05, 4.69) is 36.2 Å². The lowest BCUT2D eigenvalue weighted by molar-refractivity contribution is -0.123. The van der Waals surface area contributed by atoms with Crippen molar-refractivity contribution in [1.29, 1.82) is 0 Å². The van der Waals surface area contributed by atoms with Crippen molar-refractivity contribution in [3.8, 4) is 0 Å². The molecule has 6 nitrogen and oxygen atoms in total. The maximum absolute atomic E-state index is 11.8. The summed E-state index contributed by atoms with van der Waals surface area (Å²) in [5.74, 6) is -0.197. The Kier molecular flexibility index (Phi) is 7.17. The molecule has 0 spiro atoms. The summed E-state index contributed by atoms with van der Waals surface area (Å²) >= 11 is 0. The van der Waals surface area contributed by atoms with Gasteiger partial charge in [-0.1, -0.05) is 24.3 Å². The van der Waals surface area contributed by atoms with E-state index in [0.717, 1.165) is 25.2 Å². The summed E-state index contributed by atoms with van der Waals surface area (Å²) in [4.78, 5) is 14.2. The third-order valence-corrected chi connectivity index (χ3v) is 4.07. The number of nitrogens with two attached hydrogens (primary N) is 1. The Morgan fingerprint density at radius 3 is 2.46 bits per heavy atom. The third-order valence-electron chi connectivity index (χ3n) is 4.07. The number of nitrogens with zero attached hydrogens (tertiary/aromatic N) is 1. The van der Waals surface area contributed by atoms with E-state index in [1.807, 2.05) is 12.1 Å². The molecule has 0 aliphatic carbocycles. The van der Waals surface area contributed by atoms with Gasteiger partial charge in [-0.15, -0.1) is 0 Å². The number of nitrogens with one attached hydrogen (secondary N) is 1. The topological polar surface area (TPSA) is 76.8 Å². The lowest BCUT2D eigenvalue weighted by Crippen LogP contribution is -2.44. The van der Waals surface area contributed by atoms with Crippen LogP contribution in [0.4, 0.5) is 0 Å². The summed E-state index contributed by atoms with van der Waals surface area (Å²) in [6.07, 6.45) is 0.555. The van der Waals surface area contributed by atoms with Crippen molar-refractivity contribution < 1.29 is 14.3 Å².